The lowest BCUT2D eigenvalue weighted by Crippen LogP contribution is -2.86. The molecule has 3 rings (SSSR count). The van der Waals surface area contributed by atoms with E-state index in [1.807, 2.05) is 24.4 Å². The van der Waals surface area contributed by atoms with Crippen LogP contribution in [0.25, 0.3) is 0 Å². The molecule has 1 aliphatic heterocycles. The minimum absolute atomic E-state index is 0.0394. The lowest BCUT2D eigenvalue weighted by Gasteiger charge is -2.34. The van der Waals surface area contributed by atoms with Gasteiger partial charge in [0.25, 0.3) is 5.91 Å². The first-order valence-corrected chi connectivity index (χ1v) is 11.5. The Morgan fingerprint density at radius 1 is 1.21 bits per heavy atom. The fourth-order valence-corrected chi connectivity index (χ4v) is 5.50. The first-order valence-electron chi connectivity index (χ1n) is 10.0. The van der Waals surface area contributed by atoms with Gasteiger partial charge in [-0.3, -0.25) is 4.79 Å². The van der Waals surface area contributed by atoms with Crippen LogP contribution in [0.15, 0.2) is 52.0 Å². The third kappa shape index (κ3) is 5.46. The maximum Gasteiger partial charge on any atom is 0.279 e. The Bertz CT molecular complexity index is 900. The van der Waals surface area contributed by atoms with Gasteiger partial charge in [-0.2, -0.15) is 4.31 Å². The largest absolute Gasteiger partial charge is 0.463 e. The van der Waals surface area contributed by atoms with Gasteiger partial charge in [-0.1, -0.05) is 13.8 Å². The van der Waals surface area contributed by atoms with Crippen molar-refractivity contribution >= 4 is 21.6 Å². The lowest BCUT2D eigenvalue weighted by atomic mass is 9.94. The molecule has 2 aromatic rings. The van der Waals surface area contributed by atoms with Crippen molar-refractivity contribution in [3.05, 3.63) is 48.4 Å². The second-order valence-corrected chi connectivity index (χ2v) is 10.0. The minimum Gasteiger partial charge on any atom is -0.463 e. The third-order valence-electron chi connectivity index (χ3n) is 5.26. The molecule has 3 atom stereocenters. The summed E-state index contributed by atoms with van der Waals surface area (Å²) in [7, 11) is -3.52. The molecule has 0 aliphatic carbocycles. The van der Waals surface area contributed by atoms with Crippen LogP contribution in [-0.2, 0) is 14.8 Å². The molecule has 1 aromatic heterocycles. The van der Waals surface area contributed by atoms with Gasteiger partial charge >= 0.3 is 0 Å². The van der Waals surface area contributed by atoms with E-state index in [0.29, 0.717) is 30.6 Å². The average molecular weight is 421 g/mol. The van der Waals surface area contributed by atoms with Crippen LogP contribution in [0.2, 0.25) is 0 Å². The second-order valence-electron chi connectivity index (χ2n) is 8.08. The van der Waals surface area contributed by atoms with Gasteiger partial charge < -0.3 is 15.1 Å². The van der Waals surface area contributed by atoms with Crippen molar-refractivity contribution in [1.29, 1.82) is 0 Å². The molecule has 1 aliphatic rings. The minimum atomic E-state index is -3.52. The normalized spacial score (nSPS) is 21.6. The number of hydrogen-bond donors (Lipinski definition) is 2. The number of benzene rings is 1. The molecule has 1 saturated heterocycles. The van der Waals surface area contributed by atoms with Gasteiger partial charge in [0.1, 0.15) is 6.04 Å². The van der Waals surface area contributed by atoms with E-state index in [2.05, 4.69) is 19.2 Å². The zero-order valence-corrected chi connectivity index (χ0v) is 18.0. The summed E-state index contributed by atoms with van der Waals surface area (Å²) in [6, 6.07) is 10.1. The SMILES string of the molecule is C[C@@H]1C[C@@H](C)CN(S(=O)(=O)c2ccc(NC(=O)C[NH2+][C@@H](C)c3ccco3)cc2)C1. The fraction of sp³-hybridized carbons (Fsp3) is 0.476. The van der Waals surface area contributed by atoms with E-state index in [1.165, 1.54) is 0 Å². The molecule has 1 fully saturated rings. The maximum absolute atomic E-state index is 12.9. The van der Waals surface area contributed by atoms with Crippen molar-refractivity contribution in [3.63, 3.8) is 0 Å². The zero-order valence-electron chi connectivity index (χ0n) is 17.2. The first-order chi connectivity index (χ1) is 13.8. The molecule has 7 nitrogen and oxygen atoms in total. The number of hydrogen-bond acceptors (Lipinski definition) is 4. The van der Waals surface area contributed by atoms with Crippen molar-refractivity contribution < 1.29 is 22.9 Å². The van der Waals surface area contributed by atoms with Gasteiger partial charge in [0.15, 0.2) is 12.3 Å². The molecule has 158 valence electrons. The summed E-state index contributed by atoms with van der Waals surface area (Å²) in [5, 5.41) is 4.69. The van der Waals surface area contributed by atoms with E-state index >= 15 is 0 Å². The quantitative estimate of drug-likeness (QED) is 0.718. The number of carbonyl (C=O) groups excluding carboxylic acids is 1. The highest BCUT2D eigenvalue weighted by atomic mass is 32.2. The maximum atomic E-state index is 12.9. The van der Waals surface area contributed by atoms with Crippen molar-refractivity contribution in [2.45, 2.75) is 38.1 Å². The summed E-state index contributed by atoms with van der Waals surface area (Å²) in [5.74, 6) is 1.37. The molecule has 1 amide bonds. The van der Waals surface area contributed by atoms with E-state index < -0.39 is 10.0 Å². The first kappa shape index (κ1) is 21.5. The smallest absolute Gasteiger partial charge is 0.279 e. The number of rotatable bonds is 7. The van der Waals surface area contributed by atoms with Gasteiger partial charge in [0.05, 0.1) is 11.2 Å². The number of sulfonamides is 1. The fourth-order valence-electron chi connectivity index (χ4n) is 3.82. The number of anilines is 1. The molecule has 8 heteroatoms. The number of nitrogens with one attached hydrogen (secondary N) is 1. The van der Waals surface area contributed by atoms with Gasteiger partial charge in [-0.05, 0) is 61.6 Å². The number of nitrogens with two attached hydrogens (primary N) is 1. The van der Waals surface area contributed by atoms with Gasteiger partial charge in [-0.15, -0.1) is 0 Å². The Morgan fingerprint density at radius 3 is 2.45 bits per heavy atom. The van der Waals surface area contributed by atoms with Gasteiger partial charge in [0, 0.05) is 18.8 Å². The van der Waals surface area contributed by atoms with Gasteiger partial charge in [-0.25, -0.2) is 8.42 Å². The Labute approximate surface area is 172 Å². The summed E-state index contributed by atoms with van der Waals surface area (Å²) >= 11 is 0. The predicted octanol–water partition coefficient (Wildman–Crippen LogP) is 2.21. The highest BCUT2D eigenvalue weighted by Gasteiger charge is 2.31. The summed E-state index contributed by atoms with van der Waals surface area (Å²) in [6.45, 7) is 7.48. The Hall–Kier alpha value is -2.16. The van der Waals surface area contributed by atoms with Crippen molar-refractivity contribution in [3.8, 4) is 0 Å². The van der Waals surface area contributed by atoms with Crippen LogP contribution in [-0.4, -0.2) is 38.3 Å². The number of nitrogens with zero attached hydrogens (tertiary/aromatic N) is 1. The van der Waals surface area contributed by atoms with Crippen molar-refractivity contribution in [1.82, 2.24) is 4.31 Å². The van der Waals surface area contributed by atoms with Crippen LogP contribution in [0.1, 0.15) is 39.0 Å². The van der Waals surface area contributed by atoms with E-state index in [4.69, 9.17) is 4.42 Å². The molecule has 0 unspecified atom stereocenters. The topological polar surface area (TPSA) is 96.2 Å². The predicted molar refractivity (Wildman–Crippen MR) is 111 cm³/mol. The monoisotopic (exact) mass is 420 g/mol. The Balaban J connectivity index is 1.57. The number of furan rings is 1. The van der Waals surface area contributed by atoms with E-state index in [9.17, 15) is 13.2 Å². The molecule has 0 spiro atoms. The lowest BCUT2D eigenvalue weighted by molar-refractivity contribution is -0.684. The van der Waals surface area contributed by atoms with Crippen LogP contribution < -0.4 is 10.6 Å². The molecule has 1 aromatic carbocycles. The third-order valence-corrected chi connectivity index (χ3v) is 7.11. The van der Waals surface area contributed by atoms with Crippen LogP contribution >= 0.6 is 0 Å². The Morgan fingerprint density at radius 2 is 1.86 bits per heavy atom. The van der Waals surface area contributed by atoms with Crippen LogP contribution in [0, 0.1) is 11.8 Å². The number of amides is 1. The van der Waals surface area contributed by atoms with E-state index in [0.717, 1.165) is 12.2 Å². The van der Waals surface area contributed by atoms with Crippen LogP contribution in [0.5, 0.6) is 0 Å². The number of quaternary nitrogens is 1. The van der Waals surface area contributed by atoms with Crippen LogP contribution in [0.3, 0.4) is 0 Å². The average Bonchev–Trinajstić information content (AvgIpc) is 3.21. The molecule has 3 N–H and O–H groups in total. The van der Waals surface area contributed by atoms with E-state index in [-0.39, 0.29) is 23.4 Å². The summed E-state index contributed by atoms with van der Waals surface area (Å²) < 4.78 is 32.8. The number of piperidine rings is 1. The highest BCUT2D eigenvalue weighted by molar-refractivity contribution is 7.89. The van der Waals surface area contributed by atoms with Gasteiger partial charge in [0.2, 0.25) is 10.0 Å². The zero-order chi connectivity index (χ0) is 21.0. The molecule has 29 heavy (non-hydrogen) atoms. The Kier molecular flexibility index (Phi) is 6.77. The second kappa shape index (κ2) is 9.11. The summed E-state index contributed by atoms with van der Waals surface area (Å²) in [4.78, 5) is 12.4. The molecular formula is C21H30N3O4S+. The van der Waals surface area contributed by atoms with Crippen molar-refractivity contribution in [2.24, 2.45) is 11.8 Å². The molecule has 0 bridgehead atoms. The van der Waals surface area contributed by atoms with Crippen molar-refractivity contribution in [2.75, 3.05) is 25.0 Å². The summed E-state index contributed by atoms with van der Waals surface area (Å²) in [5.41, 5.74) is 0.577. The number of carbonyl (C=O) groups is 1. The van der Waals surface area contributed by atoms with Crippen LogP contribution in [0.4, 0.5) is 5.69 Å². The standard InChI is InChI=1S/C21H29N3O4S/c1-15-11-16(2)14-24(13-15)29(26,27)19-8-6-18(7-9-19)23-21(25)12-22-17(3)20-5-4-10-28-20/h4-10,15-17,22H,11-14H2,1-3H3,(H,23,25)/p+1/t15-,16-,17+/m1/s1. The molecule has 0 radical (unpaired) electrons. The van der Waals surface area contributed by atoms with E-state index in [1.54, 1.807) is 34.8 Å². The molecular weight excluding hydrogens is 390 g/mol. The highest BCUT2D eigenvalue weighted by Crippen LogP contribution is 2.27. The summed E-state index contributed by atoms with van der Waals surface area (Å²) in [6.07, 6.45) is 2.66. The molecule has 2 heterocycles. The molecule has 0 saturated carbocycles.